The molecule has 116 valence electrons. The number of benzene rings is 2. The molecule has 0 atom stereocenters. The number of aromatic amines is 1. The van der Waals surface area contributed by atoms with Crippen molar-refractivity contribution in [3.05, 3.63) is 60.3 Å². The number of aromatic nitrogens is 1. The fourth-order valence-corrected chi connectivity index (χ4v) is 2.44. The maximum absolute atomic E-state index is 12.3. The zero-order valence-corrected chi connectivity index (χ0v) is 12.6. The van der Waals surface area contributed by atoms with Crippen LogP contribution in [0.5, 0.6) is 0 Å². The maximum atomic E-state index is 12.3. The van der Waals surface area contributed by atoms with Gasteiger partial charge in [-0.1, -0.05) is 43.3 Å². The number of nitrogens with one attached hydrogen (secondary N) is 2. The van der Waals surface area contributed by atoms with Crippen molar-refractivity contribution >= 4 is 22.8 Å². The van der Waals surface area contributed by atoms with Crippen molar-refractivity contribution in [3.63, 3.8) is 0 Å². The molecule has 3 aromatic rings. The summed E-state index contributed by atoms with van der Waals surface area (Å²) >= 11 is 0. The number of carbonyl (C=O) groups is 2. The Balaban J connectivity index is 1.98. The highest BCUT2D eigenvalue weighted by atomic mass is 16.7. The average molecular weight is 308 g/mol. The smallest absolute Gasteiger partial charge is 0.331 e. The predicted octanol–water partition coefficient (Wildman–Crippen LogP) is 3.43. The van der Waals surface area contributed by atoms with E-state index in [9.17, 15) is 9.59 Å². The normalized spacial score (nSPS) is 10.5. The first-order chi connectivity index (χ1) is 11.2. The van der Waals surface area contributed by atoms with Gasteiger partial charge in [0.25, 0.3) is 5.91 Å². The number of H-pyrrole nitrogens is 1. The van der Waals surface area contributed by atoms with Gasteiger partial charge in [-0.05, 0) is 17.7 Å². The molecule has 23 heavy (non-hydrogen) atoms. The van der Waals surface area contributed by atoms with Crippen LogP contribution in [-0.2, 0) is 9.63 Å². The molecule has 0 radical (unpaired) electrons. The van der Waals surface area contributed by atoms with Gasteiger partial charge >= 0.3 is 5.97 Å². The van der Waals surface area contributed by atoms with Crippen molar-refractivity contribution in [2.24, 2.45) is 0 Å². The van der Waals surface area contributed by atoms with E-state index in [-0.39, 0.29) is 6.42 Å². The summed E-state index contributed by atoms with van der Waals surface area (Å²) < 4.78 is 0. The van der Waals surface area contributed by atoms with E-state index in [1.165, 1.54) is 0 Å². The van der Waals surface area contributed by atoms with Crippen LogP contribution in [0.25, 0.3) is 22.0 Å². The Hall–Kier alpha value is -3.08. The van der Waals surface area contributed by atoms with Crippen LogP contribution in [0.1, 0.15) is 23.7 Å². The molecule has 1 aromatic heterocycles. The summed E-state index contributed by atoms with van der Waals surface area (Å²) in [5.41, 5.74) is 5.34. The van der Waals surface area contributed by atoms with Gasteiger partial charge in [0.05, 0.1) is 5.56 Å². The molecule has 0 unspecified atom stereocenters. The van der Waals surface area contributed by atoms with E-state index >= 15 is 0 Å². The predicted molar refractivity (Wildman–Crippen MR) is 87.6 cm³/mol. The number of hydroxylamine groups is 1. The summed E-state index contributed by atoms with van der Waals surface area (Å²) in [7, 11) is 0. The molecular weight excluding hydrogens is 292 g/mol. The molecular formula is C18H16N2O3. The largest absolute Gasteiger partial charge is 0.361 e. The molecule has 2 aromatic carbocycles. The highest BCUT2D eigenvalue weighted by molar-refractivity contribution is 6.05. The Bertz CT molecular complexity index is 867. The van der Waals surface area contributed by atoms with Gasteiger partial charge in [0.15, 0.2) is 0 Å². The summed E-state index contributed by atoms with van der Waals surface area (Å²) in [6.45, 7) is 1.66. The summed E-state index contributed by atoms with van der Waals surface area (Å²) in [6.07, 6.45) is 2.07. The van der Waals surface area contributed by atoms with Crippen molar-refractivity contribution in [1.29, 1.82) is 0 Å². The number of fused-ring (bicyclic) bond motifs is 1. The number of amides is 1. The van der Waals surface area contributed by atoms with Crippen molar-refractivity contribution < 1.29 is 14.4 Å². The van der Waals surface area contributed by atoms with E-state index in [1.807, 2.05) is 42.6 Å². The second-order valence-electron chi connectivity index (χ2n) is 5.05. The third-order valence-electron chi connectivity index (χ3n) is 3.60. The third-order valence-corrected chi connectivity index (χ3v) is 3.60. The fraction of sp³-hybridized carbons (Fsp3) is 0.111. The van der Waals surface area contributed by atoms with Crippen molar-refractivity contribution in [1.82, 2.24) is 10.5 Å². The van der Waals surface area contributed by atoms with Crippen LogP contribution < -0.4 is 5.48 Å². The molecule has 5 nitrogen and oxygen atoms in total. The van der Waals surface area contributed by atoms with Crippen molar-refractivity contribution in [2.45, 2.75) is 13.3 Å². The molecule has 0 saturated carbocycles. The van der Waals surface area contributed by atoms with Gasteiger partial charge in [-0.2, -0.15) is 5.48 Å². The average Bonchev–Trinajstić information content (AvgIpc) is 3.03. The molecule has 0 spiro atoms. The number of carbonyl (C=O) groups excluding carboxylic acids is 2. The SMILES string of the molecule is CCC(=O)ONC(=O)c1ccccc1-c1c[nH]c2ccccc12. The molecule has 3 rings (SSSR count). The fourth-order valence-electron chi connectivity index (χ4n) is 2.44. The molecule has 2 N–H and O–H groups in total. The Morgan fingerprint density at radius 3 is 2.61 bits per heavy atom. The monoisotopic (exact) mass is 308 g/mol. The summed E-state index contributed by atoms with van der Waals surface area (Å²) in [4.78, 5) is 31.4. The van der Waals surface area contributed by atoms with Crippen LogP contribution in [-0.4, -0.2) is 16.9 Å². The highest BCUT2D eigenvalue weighted by Gasteiger charge is 2.16. The number of hydrogen-bond acceptors (Lipinski definition) is 3. The molecule has 0 aliphatic carbocycles. The molecule has 1 heterocycles. The lowest BCUT2D eigenvalue weighted by Crippen LogP contribution is -2.27. The summed E-state index contributed by atoms with van der Waals surface area (Å²) in [6, 6.07) is 15.1. The van der Waals surface area contributed by atoms with Crippen LogP contribution in [0.15, 0.2) is 54.7 Å². The van der Waals surface area contributed by atoms with Gasteiger partial charge in [-0.15, -0.1) is 0 Å². The lowest BCUT2D eigenvalue weighted by molar-refractivity contribution is -0.148. The Kier molecular flexibility index (Phi) is 4.10. The van der Waals surface area contributed by atoms with Crippen LogP contribution in [0.4, 0.5) is 0 Å². The molecule has 1 amide bonds. The Labute approximate surface area is 133 Å². The van der Waals surface area contributed by atoms with Crippen LogP contribution >= 0.6 is 0 Å². The Morgan fingerprint density at radius 1 is 1.04 bits per heavy atom. The molecule has 0 aliphatic heterocycles. The third kappa shape index (κ3) is 2.94. The first-order valence-electron chi connectivity index (χ1n) is 7.36. The van der Waals surface area contributed by atoms with Crippen LogP contribution in [0, 0.1) is 0 Å². The Morgan fingerprint density at radius 2 is 1.78 bits per heavy atom. The van der Waals surface area contributed by atoms with E-state index in [0.717, 1.165) is 22.0 Å². The lowest BCUT2D eigenvalue weighted by atomic mass is 9.99. The first-order valence-corrected chi connectivity index (χ1v) is 7.36. The summed E-state index contributed by atoms with van der Waals surface area (Å²) in [5.74, 6) is -0.935. The van der Waals surface area contributed by atoms with Gasteiger partial charge in [0, 0.05) is 29.1 Å². The zero-order chi connectivity index (χ0) is 16.2. The molecule has 0 aliphatic rings. The van der Waals surface area contributed by atoms with Gasteiger partial charge in [-0.3, -0.25) is 4.79 Å². The minimum Gasteiger partial charge on any atom is -0.361 e. The number of rotatable bonds is 3. The second kappa shape index (κ2) is 6.36. The highest BCUT2D eigenvalue weighted by Crippen LogP contribution is 2.30. The van der Waals surface area contributed by atoms with E-state index in [2.05, 4.69) is 10.5 Å². The quantitative estimate of drug-likeness (QED) is 0.728. The minimum atomic E-state index is -0.483. The first kappa shape index (κ1) is 14.8. The van der Waals surface area contributed by atoms with E-state index in [0.29, 0.717) is 5.56 Å². The molecule has 5 heteroatoms. The lowest BCUT2D eigenvalue weighted by Gasteiger charge is -2.09. The maximum Gasteiger partial charge on any atom is 0.331 e. The van der Waals surface area contributed by atoms with Gasteiger partial charge in [-0.25, -0.2) is 4.79 Å². The zero-order valence-electron chi connectivity index (χ0n) is 12.6. The van der Waals surface area contributed by atoms with Crippen LogP contribution in [0.2, 0.25) is 0 Å². The van der Waals surface area contributed by atoms with Crippen molar-refractivity contribution in [3.8, 4) is 11.1 Å². The topological polar surface area (TPSA) is 71.2 Å². The number of hydrogen-bond donors (Lipinski definition) is 2. The van der Waals surface area contributed by atoms with Crippen molar-refractivity contribution in [2.75, 3.05) is 0 Å². The second-order valence-corrected chi connectivity index (χ2v) is 5.05. The van der Waals surface area contributed by atoms with E-state index in [4.69, 9.17) is 4.84 Å². The number of para-hydroxylation sites is 1. The van der Waals surface area contributed by atoms with E-state index in [1.54, 1.807) is 19.1 Å². The summed E-state index contributed by atoms with van der Waals surface area (Å²) in [5, 5.41) is 1.03. The molecule has 0 fully saturated rings. The standard InChI is InChI=1S/C18H16N2O3/c1-2-17(21)23-20-18(22)14-9-4-3-7-12(14)15-11-19-16-10-6-5-8-13(15)16/h3-11,19H,2H2,1H3,(H,20,22). The minimum absolute atomic E-state index is 0.199. The van der Waals surface area contributed by atoms with E-state index < -0.39 is 11.9 Å². The molecule has 0 saturated heterocycles. The van der Waals surface area contributed by atoms with Gasteiger partial charge in [0.2, 0.25) is 0 Å². The molecule has 0 bridgehead atoms. The van der Waals surface area contributed by atoms with Gasteiger partial charge < -0.3 is 9.82 Å². The van der Waals surface area contributed by atoms with Gasteiger partial charge in [0.1, 0.15) is 0 Å². The van der Waals surface area contributed by atoms with Crippen LogP contribution in [0.3, 0.4) is 0 Å².